The smallest absolute Gasteiger partial charge is 0.311 e. The highest BCUT2D eigenvalue weighted by Crippen LogP contribution is 2.29. The van der Waals surface area contributed by atoms with Crippen molar-refractivity contribution in [3.8, 4) is 5.75 Å². The van der Waals surface area contributed by atoms with Gasteiger partial charge >= 0.3 is 5.69 Å². The fourth-order valence-corrected chi connectivity index (χ4v) is 1.03. The SMILES string of the molecule is CC(C)Oc1cc(N)ccc1[N+](=O)[O-]. The van der Waals surface area contributed by atoms with Gasteiger partial charge in [-0.3, -0.25) is 10.1 Å². The molecule has 0 aromatic heterocycles. The molecule has 0 atom stereocenters. The van der Waals surface area contributed by atoms with Crippen LogP contribution in [0.2, 0.25) is 0 Å². The molecule has 0 saturated carbocycles. The average Bonchev–Trinajstić information content (AvgIpc) is 2.01. The Morgan fingerprint density at radius 2 is 2.14 bits per heavy atom. The number of nitro groups is 1. The second-order valence-electron chi connectivity index (χ2n) is 3.15. The molecular formula is C9H12N2O3. The van der Waals surface area contributed by atoms with Gasteiger partial charge in [-0.25, -0.2) is 0 Å². The number of ether oxygens (including phenoxy) is 1. The minimum atomic E-state index is -0.489. The number of benzene rings is 1. The minimum absolute atomic E-state index is 0.0621. The first kappa shape index (κ1) is 10.3. The molecule has 0 heterocycles. The topological polar surface area (TPSA) is 78.4 Å². The van der Waals surface area contributed by atoms with Crippen LogP contribution in [0.25, 0.3) is 0 Å². The molecule has 0 spiro atoms. The quantitative estimate of drug-likeness (QED) is 0.455. The number of rotatable bonds is 3. The molecule has 0 saturated heterocycles. The summed E-state index contributed by atoms with van der Waals surface area (Å²) >= 11 is 0. The summed E-state index contributed by atoms with van der Waals surface area (Å²) in [6, 6.07) is 4.27. The molecule has 0 aliphatic heterocycles. The normalized spacial score (nSPS) is 10.2. The molecule has 1 rings (SSSR count). The highest BCUT2D eigenvalue weighted by atomic mass is 16.6. The van der Waals surface area contributed by atoms with E-state index in [0.717, 1.165) is 0 Å². The van der Waals surface area contributed by atoms with Gasteiger partial charge in [0.15, 0.2) is 5.75 Å². The van der Waals surface area contributed by atoms with E-state index in [1.807, 2.05) is 0 Å². The largest absolute Gasteiger partial charge is 0.484 e. The molecule has 0 aliphatic carbocycles. The van der Waals surface area contributed by atoms with Crippen LogP contribution < -0.4 is 10.5 Å². The molecule has 1 aromatic carbocycles. The lowest BCUT2D eigenvalue weighted by Gasteiger charge is -2.09. The zero-order valence-electron chi connectivity index (χ0n) is 8.06. The van der Waals surface area contributed by atoms with Gasteiger partial charge in [0.25, 0.3) is 0 Å². The van der Waals surface area contributed by atoms with Crippen molar-refractivity contribution in [2.24, 2.45) is 0 Å². The predicted molar refractivity (Wildman–Crippen MR) is 53.3 cm³/mol. The van der Waals surface area contributed by atoms with Crippen molar-refractivity contribution in [3.63, 3.8) is 0 Å². The molecular weight excluding hydrogens is 184 g/mol. The first-order valence-corrected chi connectivity index (χ1v) is 4.21. The fourth-order valence-electron chi connectivity index (χ4n) is 1.03. The maximum atomic E-state index is 10.6. The molecule has 5 nitrogen and oxygen atoms in total. The summed E-state index contributed by atoms with van der Waals surface area (Å²) in [4.78, 5) is 10.1. The van der Waals surface area contributed by atoms with Crippen LogP contribution in [0.5, 0.6) is 5.75 Å². The number of nitro benzene ring substituents is 1. The minimum Gasteiger partial charge on any atom is -0.484 e. The van der Waals surface area contributed by atoms with E-state index >= 15 is 0 Å². The van der Waals surface area contributed by atoms with Gasteiger partial charge in [0.1, 0.15) is 0 Å². The maximum Gasteiger partial charge on any atom is 0.311 e. The summed E-state index contributed by atoms with van der Waals surface area (Å²) in [6.45, 7) is 3.60. The summed E-state index contributed by atoms with van der Waals surface area (Å²) in [7, 11) is 0. The van der Waals surface area contributed by atoms with E-state index in [1.54, 1.807) is 13.8 Å². The molecule has 0 aliphatic rings. The van der Waals surface area contributed by atoms with Gasteiger partial charge in [0.2, 0.25) is 0 Å². The van der Waals surface area contributed by atoms with Crippen LogP contribution >= 0.6 is 0 Å². The van der Waals surface area contributed by atoms with Crippen molar-refractivity contribution in [1.29, 1.82) is 0 Å². The molecule has 2 N–H and O–H groups in total. The van der Waals surface area contributed by atoms with Crippen LogP contribution in [0.3, 0.4) is 0 Å². The Bertz CT molecular complexity index is 350. The molecule has 0 radical (unpaired) electrons. The van der Waals surface area contributed by atoms with Gasteiger partial charge in [-0.1, -0.05) is 0 Å². The third-order valence-corrected chi connectivity index (χ3v) is 1.54. The van der Waals surface area contributed by atoms with Crippen molar-refractivity contribution in [2.45, 2.75) is 20.0 Å². The monoisotopic (exact) mass is 196 g/mol. The van der Waals surface area contributed by atoms with E-state index < -0.39 is 4.92 Å². The Balaban J connectivity index is 3.09. The van der Waals surface area contributed by atoms with Crippen molar-refractivity contribution in [2.75, 3.05) is 5.73 Å². The number of hydrogen-bond acceptors (Lipinski definition) is 4. The first-order chi connectivity index (χ1) is 6.50. The third-order valence-electron chi connectivity index (χ3n) is 1.54. The molecule has 0 unspecified atom stereocenters. The zero-order valence-corrected chi connectivity index (χ0v) is 8.06. The van der Waals surface area contributed by atoms with Crippen LogP contribution in [0.15, 0.2) is 18.2 Å². The van der Waals surface area contributed by atoms with Crippen LogP contribution in [0.4, 0.5) is 11.4 Å². The van der Waals surface area contributed by atoms with E-state index in [2.05, 4.69) is 0 Å². The summed E-state index contributed by atoms with van der Waals surface area (Å²) in [5, 5.41) is 10.6. The Hall–Kier alpha value is -1.78. The Morgan fingerprint density at radius 1 is 1.50 bits per heavy atom. The van der Waals surface area contributed by atoms with Crippen LogP contribution in [-0.4, -0.2) is 11.0 Å². The highest BCUT2D eigenvalue weighted by Gasteiger charge is 2.15. The number of nitrogen functional groups attached to an aromatic ring is 1. The average molecular weight is 196 g/mol. The van der Waals surface area contributed by atoms with Gasteiger partial charge in [-0.05, 0) is 19.9 Å². The Morgan fingerprint density at radius 3 is 2.64 bits per heavy atom. The summed E-state index contributed by atoms with van der Waals surface area (Å²) < 4.78 is 5.27. The number of hydrogen-bond donors (Lipinski definition) is 1. The number of anilines is 1. The summed E-state index contributed by atoms with van der Waals surface area (Å²) in [5.41, 5.74) is 5.89. The molecule has 76 valence electrons. The van der Waals surface area contributed by atoms with Crippen molar-refractivity contribution >= 4 is 11.4 Å². The Kier molecular flexibility index (Phi) is 2.91. The molecule has 1 aromatic rings. The van der Waals surface area contributed by atoms with Crippen molar-refractivity contribution in [3.05, 3.63) is 28.3 Å². The van der Waals surface area contributed by atoms with Crippen LogP contribution in [-0.2, 0) is 0 Å². The van der Waals surface area contributed by atoms with Gasteiger partial charge in [-0.15, -0.1) is 0 Å². The lowest BCUT2D eigenvalue weighted by Crippen LogP contribution is -2.07. The molecule has 0 fully saturated rings. The molecule has 0 amide bonds. The summed E-state index contributed by atoms with van der Waals surface area (Å²) in [6.07, 6.45) is -0.115. The van der Waals surface area contributed by atoms with E-state index in [1.165, 1.54) is 18.2 Å². The molecule has 14 heavy (non-hydrogen) atoms. The van der Waals surface area contributed by atoms with E-state index in [0.29, 0.717) is 5.69 Å². The predicted octanol–water partition coefficient (Wildman–Crippen LogP) is 1.96. The van der Waals surface area contributed by atoms with Crippen molar-refractivity contribution in [1.82, 2.24) is 0 Å². The van der Waals surface area contributed by atoms with Crippen molar-refractivity contribution < 1.29 is 9.66 Å². The highest BCUT2D eigenvalue weighted by molar-refractivity contribution is 5.55. The molecule has 5 heteroatoms. The Labute approximate surface area is 81.6 Å². The lowest BCUT2D eigenvalue weighted by molar-refractivity contribution is -0.386. The lowest BCUT2D eigenvalue weighted by atomic mass is 10.2. The van der Waals surface area contributed by atoms with Gasteiger partial charge < -0.3 is 10.5 Å². The molecule has 0 bridgehead atoms. The maximum absolute atomic E-state index is 10.6. The van der Waals surface area contributed by atoms with E-state index in [-0.39, 0.29) is 17.5 Å². The first-order valence-electron chi connectivity index (χ1n) is 4.21. The van der Waals surface area contributed by atoms with E-state index in [9.17, 15) is 10.1 Å². The van der Waals surface area contributed by atoms with Gasteiger partial charge in [0, 0.05) is 17.8 Å². The summed E-state index contributed by atoms with van der Waals surface area (Å²) in [5.74, 6) is 0.213. The zero-order chi connectivity index (χ0) is 10.7. The fraction of sp³-hybridized carbons (Fsp3) is 0.333. The van der Waals surface area contributed by atoms with Crippen LogP contribution in [0.1, 0.15) is 13.8 Å². The number of nitrogens with two attached hydrogens (primary N) is 1. The third kappa shape index (κ3) is 2.35. The number of nitrogens with zero attached hydrogens (tertiary/aromatic N) is 1. The standard InChI is InChI=1S/C9H12N2O3/c1-6(2)14-9-5-7(10)3-4-8(9)11(12)13/h3-6H,10H2,1-2H3. The second-order valence-corrected chi connectivity index (χ2v) is 3.15. The second kappa shape index (κ2) is 3.95. The van der Waals surface area contributed by atoms with E-state index in [4.69, 9.17) is 10.5 Å². The van der Waals surface area contributed by atoms with Gasteiger partial charge in [0.05, 0.1) is 11.0 Å². The van der Waals surface area contributed by atoms with Crippen LogP contribution in [0, 0.1) is 10.1 Å². The van der Waals surface area contributed by atoms with Gasteiger partial charge in [-0.2, -0.15) is 0 Å².